The Bertz CT molecular complexity index is 803. The van der Waals surface area contributed by atoms with E-state index in [0.29, 0.717) is 15.7 Å². The standard InChI is InChI=1S/C19H19BrClN3O2/c20-14-11-16(17(21)22-12-14)18(25)23-15-7-5-13(6-8-15)19(26)24-9-3-1-2-4-10-24/h5-8,11-12H,1-4,9-10H2,(H,23,25). The van der Waals surface area contributed by atoms with Crippen molar-refractivity contribution in [3.8, 4) is 0 Å². The molecule has 1 aliphatic heterocycles. The van der Waals surface area contributed by atoms with E-state index in [-0.39, 0.29) is 22.5 Å². The minimum absolute atomic E-state index is 0.0454. The van der Waals surface area contributed by atoms with Crippen LogP contribution in [0.2, 0.25) is 5.15 Å². The molecule has 0 spiro atoms. The molecule has 0 bridgehead atoms. The smallest absolute Gasteiger partial charge is 0.258 e. The Labute approximate surface area is 165 Å². The van der Waals surface area contributed by atoms with Gasteiger partial charge in [-0.1, -0.05) is 24.4 Å². The van der Waals surface area contributed by atoms with Crippen molar-refractivity contribution in [1.29, 1.82) is 0 Å². The summed E-state index contributed by atoms with van der Waals surface area (Å²) in [6.45, 7) is 1.62. The number of benzene rings is 1. The first-order valence-electron chi connectivity index (χ1n) is 8.56. The number of carbonyl (C=O) groups is 2. The van der Waals surface area contributed by atoms with Crippen LogP contribution in [0.25, 0.3) is 0 Å². The van der Waals surface area contributed by atoms with E-state index in [1.165, 1.54) is 19.0 Å². The van der Waals surface area contributed by atoms with Gasteiger partial charge in [0, 0.05) is 35.0 Å². The van der Waals surface area contributed by atoms with Crippen LogP contribution in [-0.4, -0.2) is 34.8 Å². The number of hydrogen-bond donors (Lipinski definition) is 1. The van der Waals surface area contributed by atoms with Crippen LogP contribution >= 0.6 is 27.5 Å². The number of nitrogens with one attached hydrogen (secondary N) is 1. The second kappa shape index (κ2) is 8.64. The summed E-state index contributed by atoms with van der Waals surface area (Å²) < 4.78 is 0.672. The van der Waals surface area contributed by atoms with Crippen molar-refractivity contribution in [3.63, 3.8) is 0 Å². The van der Waals surface area contributed by atoms with Crippen molar-refractivity contribution in [3.05, 3.63) is 57.3 Å². The molecule has 1 aromatic carbocycles. The van der Waals surface area contributed by atoms with E-state index in [0.717, 1.165) is 25.9 Å². The second-order valence-electron chi connectivity index (χ2n) is 6.23. The van der Waals surface area contributed by atoms with Gasteiger partial charge in [0.05, 0.1) is 5.56 Å². The van der Waals surface area contributed by atoms with Gasteiger partial charge in [-0.05, 0) is 59.1 Å². The molecular weight excluding hydrogens is 418 g/mol. The molecule has 1 aliphatic rings. The molecule has 26 heavy (non-hydrogen) atoms. The Morgan fingerprint density at radius 1 is 1.08 bits per heavy atom. The number of amides is 2. The van der Waals surface area contributed by atoms with Gasteiger partial charge in [0.1, 0.15) is 5.15 Å². The highest BCUT2D eigenvalue weighted by Gasteiger charge is 2.17. The Balaban J connectivity index is 1.68. The molecule has 2 aromatic rings. The van der Waals surface area contributed by atoms with Gasteiger partial charge in [-0.25, -0.2) is 4.98 Å². The molecule has 7 heteroatoms. The highest BCUT2D eigenvalue weighted by atomic mass is 79.9. The molecule has 3 rings (SSSR count). The zero-order chi connectivity index (χ0) is 18.5. The Morgan fingerprint density at radius 3 is 2.38 bits per heavy atom. The minimum Gasteiger partial charge on any atom is -0.339 e. The molecule has 5 nitrogen and oxygen atoms in total. The Morgan fingerprint density at radius 2 is 1.73 bits per heavy atom. The molecule has 1 N–H and O–H groups in total. The SMILES string of the molecule is O=C(Nc1ccc(C(=O)N2CCCCCC2)cc1)c1cc(Br)cnc1Cl. The van der Waals surface area contributed by atoms with Crippen LogP contribution in [0.1, 0.15) is 46.4 Å². The van der Waals surface area contributed by atoms with Crippen LogP contribution in [0.3, 0.4) is 0 Å². The summed E-state index contributed by atoms with van der Waals surface area (Å²) in [4.78, 5) is 30.8. The summed E-state index contributed by atoms with van der Waals surface area (Å²) in [7, 11) is 0. The van der Waals surface area contributed by atoms with Crippen LogP contribution in [0.4, 0.5) is 5.69 Å². The predicted molar refractivity (Wildman–Crippen MR) is 106 cm³/mol. The monoisotopic (exact) mass is 435 g/mol. The van der Waals surface area contributed by atoms with Crippen molar-refractivity contribution < 1.29 is 9.59 Å². The summed E-state index contributed by atoms with van der Waals surface area (Å²) >= 11 is 9.26. The topological polar surface area (TPSA) is 62.3 Å². The third-order valence-electron chi connectivity index (χ3n) is 4.33. The van der Waals surface area contributed by atoms with Gasteiger partial charge in [0.15, 0.2) is 0 Å². The van der Waals surface area contributed by atoms with Crippen molar-refractivity contribution in [2.24, 2.45) is 0 Å². The number of nitrogens with zero attached hydrogens (tertiary/aromatic N) is 2. The average molecular weight is 437 g/mol. The van der Waals surface area contributed by atoms with Gasteiger partial charge in [-0.15, -0.1) is 0 Å². The summed E-state index contributed by atoms with van der Waals surface area (Å²) in [5.74, 6) is -0.306. The molecule has 136 valence electrons. The largest absolute Gasteiger partial charge is 0.339 e. The number of halogens is 2. The van der Waals surface area contributed by atoms with Crippen LogP contribution in [0.5, 0.6) is 0 Å². The average Bonchev–Trinajstić information content (AvgIpc) is 2.93. The third-order valence-corrected chi connectivity index (χ3v) is 5.07. The summed E-state index contributed by atoms with van der Waals surface area (Å²) in [6, 6.07) is 8.54. The molecule has 1 aromatic heterocycles. The molecule has 2 heterocycles. The lowest BCUT2D eigenvalue weighted by molar-refractivity contribution is 0.0761. The first-order chi connectivity index (χ1) is 12.5. The first kappa shape index (κ1) is 18.9. The van der Waals surface area contributed by atoms with E-state index in [2.05, 4.69) is 26.2 Å². The van der Waals surface area contributed by atoms with Crippen LogP contribution in [0.15, 0.2) is 41.0 Å². The lowest BCUT2D eigenvalue weighted by Crippen LogP contribution is -2.31. The maximum atomic E-state index is 12.6. The molecule has 0 radical (unpaired) electrons. The molecule has 1 saturated heterocycles. The lowest BCUT2D eigenvalue weighted by atomic mass is 10.1. The van der Waals surface area contributed by atoms with E-state index >= 15 is 0 Å². The zero-order valence-corrected chi connectivity index (χ0v) is 16.5. The fourth-order valence-electron chi connectivity index (χ4n) is 2.93. The number of likely N-dealkylation sites (tertiary alicyclic amines) is 1. The molecule has 0 atom stereocenters. The highest BCUT2D eigenvalue weighted by molar-refractivity contribution is 9.10. The molecule has 0 saturated carbocycles. The quantitative estimate of drug-likeness (QED) is 0.705. The second-order valence-corrected chi connectivity index (χ2v) is 7.50. The van der Waals surface area contributed by atoms with E-state index in [1.54, 1.807) is 30.3 Å². The van der Waals surface area contributed by atoms with Crippen molar-refractivity contribution in [1.82, 2.24) is 9.88 Å². The van der Waals surface area contributed by atoms with Gasteiger partial charge in [-0.2, -0.15) is 0 Å². The summed E-state index contributed by atoms with van der Waals surface area (Å²) in [6.07, 6.45) is 6.01. The van der Waals surface area contributed by atoms with E-state index < -0.39 is 0 Å². The minimum atomic E-state index is -0.351. The van der Waals surface area contributed by atoms with Crippen LogP contribution in [-0.2, 0) is 0 Å². The lowest BCUT2D eigenvalue weighted by Gasteiger charge is -2.20. The maximum absolute atomic E-state index is 12.6. The van der Waals surface area contributed by atoms with Crippen LogP contribution in [0, 0.1) is 0 Å². The van der Waals surface area contributed by atoms with Crippen LogP contribution < -0.4 is 5.32 Å². The fourth-order valence-corrected chi connectivity index (χ4v) is 3.45. The summed E-state index contributed by atoms with van der Waals surface area (Å²) in [5, 5.41) is 2.91. The van der Waals surface area contributed by atoms with Gasteiger partial charge >= 0.3 is 0 Å². The summed E-state index contributed by atoms with van der Waals surface area (Å²) in [5.41, 5.74) is 1.51. The molecule has 0 aliphatic carbocycles. The molecule has 0 unspecified atom stereocenters. The molecule has 1 fully saturated rings. The highest BCUT2D eigenvalue weighted by Crippen LogP contribution is 2.20. The third kappa shape index (κ3) is 4.62. The van der Waals surface area contributed by atoms with Crippen molar-refractivity contribution in [2.45, 2.75) is 25.7 Å². The van der Waals surface area contributed by atoms with Crippen molar-refractivity contribution >= 4 is 45.0 Å². The van der Waals surface area contributed by atoms with E-state index in [9.17, 15) is 9.59 Å². The van der Waals surface area contributed by atoms with Gasteiger partial charge in [0.25, 0.3) is 11.8 Å². The van der Waals surface area contributed by atoms with E-state index in [1.807, 2.05) is 4.90 Å². The van der Waals surface area contributed by atoms with E-state index in [4.69, 9.17) is 11.6 Å². The van der Waals surface area contributed by atoms with Gasteiger partial charge < -0.3 is 10.2 Å². The number of carbonyl (C=O) groups excluding carboxylic acids is 2. The molecule has 2 amide bonds. The fraction of sp³-hybridized carbons (Fsp3) is 0.316. The Kier molecular flexibility index (Phi) is 6.27. The van der Waals surface area contributed by atoms with Gasteiger partial charge in [-0.3, -0.25) is 9.59 Å². The number of hydrogen-bond acceptors (Lipinski definition) is 3. The number of aromatic nitrogens is 1. The maximum Gasteiger partial charge on any atom is 0.258 e. The molecular formula is C19H19BrClN3O2. The normalized spacial score (nSPS) is 14.6. The van der Waals surface area contributed by atoms with Crippen molar-refractivity contribution in [2.75, 3.05) is 18.4 Å². The first-order valence-corrected chi connectivity index (χ1v) is 9.73. The number of pyridine rings is 1. The zero-order valence-electron chi connectivity index (χ0n) is 14.2. The Hall–Kier alpha value is -1.92. The number of anilines is 1. The number of rotatable bonds is 3. The van der Waals surface area contributed by atoms with Gasteiger partial charge in [0.2, 0.25) is 0 Å². The predicted octanol–water partition coefficient (Wildman–Crippen LogP) is 4.77.